The third-order valence-corrected chi connectivity index (χ3v) is 5.69. The Morgan fingerprint density at radius 1 is 1.03 bits per heavy atom. The van der Waals surface area contributed by atoms with E-state index in [-0.39, 0.29) is 10.8 Å². The maximum Gasteiger partial charge on any atom is 0.261 e. The molecule has 0 fully saturated rings. The molecule has 1 amide bonds. The van der Waals surface area contributed by atoms with E-state index in [0.717, 1.165) is 0 Å². The van der Waals surface area contributed by atoms with Gasteiger partial charge < -0.3 is 14.8 Å². The second-order valence-electron chi connectivity index (χ2n) is 6.32. The Kier molecular flexibility index (Phi) is 7.45. The molecule has 1 aromatic heterocycles. The summed E-state index contributed by atoms with van der Waals surface area (Å²) in [6, 6.07) is 15.4. The van der Waals surface area contributed by atoms with E-state index in [4.69, 9.17) is 21.1 Å². The lowest BCUT2D eigenvalue weighted by atomic mass is 10.2. The SMILES string of the molecule is COCCNC(=O)c1ccc(Oc2ccc(NS(=O)(=O)c3ccc(Cl)cc3)cc2)nc1. The van der Waals surface area contributed by atoms with Crippen molar-refractivity contribution in [3.8, 4) is 11.6 Å². The van der Waals surface area contributed by atoms with Gasteiger partial charge in [-0.25, -0.2) is 13.4 Å². The Hall–Kier alpha value is -3.14. The maximum atomic E-state index is 12.4. The number of amides is 1. The van der Waals surface area contributed by atoms with Crippen LogP contribution >= 0.6 is 11.6 Å². The number of methoxy groups -OCH3 is 1. The van der Waals surface area contributed by atoms with Crippen LogP contribution in [0.5, 0.6) is 11.6 Å². The van der Waals surface area contributed by atoms with Crippen LogP contribution in [0.25, 0.3) is 0 Å². The standard InChI is InChI=1S/C21H20ClN3O5S/c1-29-13-12-23-21(26)15-2-11-20(24-14-15)30-18-7-5-17(6-8-18)25-31(27,28)19-9-3-16(22)4-10-19/h2-11,14,25H,12-13H2,1H3,(H,23,26). The van der Waals surface area contributed by atoms with E-state index < -0.39 is 10.0 Å². The highest BCUT2D eigenvalue weighted by Crippen LogP contribution is 2.23. The van der Waals surface area contributed by atoms with Crippen LogP contribution in [0.15, 0.2) is 71.8 Å². The fourth-order valence-electron chi connectivity index (χ4n) is 2.48. The number of nitrogens with one attached hydrogen (secondary N) is 2. The summed E-state index contributed by atoms with van der Waals surface area (Å²) in [7, 11) is -2.17. The molecule has 0 aliphatic heterocycles. The molecule has 0 aliphatic carbocycles. The summed E-state index contributed by atoms with van der Waals surface area (Å²) >= 11 is 5.80. The molecule has 0 atom stereocenters. The molecule has 8 nitrogen and oxygen atoms in total. The van der Waals surface area contributed by atoms with Crippen LogP contribution in [0.2, 0.25) is 5.02 Å². The summed E-state index contributed by atoms with van der Waals surface area (Å²) in [6.45, 7) is 0.827. The molecule has 2 aromatic carbocycles. The number of ether oxygens (including phenoxy) is 2. The zero-order valence-electron chi connectivity index (χ0n) is 16.5. The number of hydrogen-bond donors (Lipinski definition) is 2. The average Bonchev–Trinajstić information content (AvgIpc) is 2.76. The van der Waals surface area contributed by atoms with Gasteiger partial charge in [-0.1, -0.05) is 11.6 Å². The number of aromatic nitrogens is 1. The van der Waals surface area contributed by atoms with E-state index in [1.807, 2.05) is 0 Å². The molecule has 2 N–H and O–H groups in total. The van der Waals surface area contributed by atoms with E-state index in [0.29, 0.717) is 41.1 Å². The van der Waals surface area contributed by atoms with Crippen molar-refractivity contribution in [1.82, 2.24) is 10.3 Å². The molecule has 0 saturated carbocycles. The lowest BCUT2D eigenvalue weighted by Crippen LogP contribution is -2.26. The molecule has 162 valence electrons. The highest BCUT2D eigenvalue weighted by molar-refractivity contribution is 7.92. The zero-order chi connectivity index (χ0) is 22.3. The van der Waals surface area contributed by atoms with Crippen LogP contribution in [0.1, 0.15) is 10.4 Å². The van der Waals surface area contributed by atoms with Crippen molar-refractivity contribution in [1.29, 1.82) is 0 Å². The largest absolute Gasteiger partial charge is 0.439 e. The van der Waals surface area contributed by atoms with Gasteiger partial charge in [-0.3, -0.25) is 9.52 Å². The molecule has 3 rings (SSSR count). The Morgan fingerprint density at radius 3 is 2.35 bits per heavy atom. The van der Waals surface area contributed by atoms with E-state index >= 15 is 0 Å². The molecule has 0 saturated heterocycles. The maximum absolute atomic E-state index is 12.4. The summed E-state index contributed by atoms with van der Waals surface area (Å²) in [5.41, 5.74) is 0.772. The first-order chi connectivity index (χ1) is 14.9. The van der Waals surface area contributed by atoms with E-state index in [2.05, 4.69) is 15.0 Å². The summed E-state index contributed by atoms with van der Waals surface area (Å²) in [4.78, 5) is 16.2. The molecule has 31 heavy (non-hydrogen) atoms. The quantitative estimate of drug-likeness (QED) is 0.470. The number of benzene rings is 2. The number of carbonyl (C=O) groups is 1. The van der Waals surface area contributed by atoms with Gasteiger partial charge in [0.2, 0.25) is 5.88 Å². The molecule has 3 aromatic rings. The number of anilines is 1. The van der Waals surface area contributed by atoms with Crippen LogP contribution in [0, 0.1) is 0 Å². The minimum absolute atomic E-state index is 0.104. The Balaban J connectivity index is 1.60. The van der Waals surface area contributed by atoms with Gasteiger partial charge in [0.15, 0.2) is 0 Å². The summed E-state index contributed by atoms with van der Waals surface area (Å²) in [5.74, 6) is 0.496. The molecular formula is C21H20ClN3O5S. The van der Waals surface area contributed by atoms with E-state index in [9.17, 15) is 13.2 Å². The van der Waals surface area contributed by atoms with Gasteiger partial charge in [0.1, 0.15) is 5.75 Å². The van der Waals surface area contributed by atoms with E-state index in [1.165, 1.54) is 30.5 Å². The smallest absolute Gasteiger partial charge is 0.261 e. The predicted molar refractivity (Wildman–Crippen MR) is 117 cm³/mol. The summed E-state index contributed by atoms with van der Waals surface area (Å²) in [5, 5.41) is 3.15. The number of carbonyl (C=O) groups excluding carboxylic acids is 1. The monoisotopic (exact) mass is 461 g/mol. The van der Waals surface area contributed by atoms with Gasteiger partial charge in [-0.15, -0.1) is 0 Å². The fourth-order valence-corrected chi connectivity index (χ4v) is 3.67. The van der Waals surface area contributed by atoms with Crippen LogP contribution in [0.4, 0.5) is 5.69 Å². The number of hydrogen-bond acceptors (Lipinski definition) is 6. The van der Waals surface area contributed by atoms with Crippen LogP contribution < -0.4 is 14.8 Å². The molecule has 0 unspecified atom stereocenters. The first-order valence-corrected chi connectivity index (χ1v) is 11.0. The van der Waals surface area contributed by atoms with Crippen molar-refractivity contribution < 1.29 is 22.7 Å². The highest BCUT2D eigenvalue weighted by Gasteiger charge is 2.14. The molecule has 0 radical (unpaired) electrons. The highest BCUT2D eigenvalue weighted by atomic mass is 35.5. The molecule has 10 heteroatoms. The molecule has 1 heterocycles. The van der Waals surface area contributed by atoms with Crippen molar-refractivity contribution in [3.05, 3.63) is 77.4 Å². The lowest BCUT2D eigenvalue weighted by molar-refractivity contribution is 0.0936. The van der Waals surface area contributed by atoms with Gasteiger partial charge in [-0.05, 0) is 54.6 Å². The van der Waals surface area contributed by atoms with Crippen LogP contribution in [-0.4, -0.2) is 39.6 Å². The van der Waals surface area contributed by atoms with Gasteiger partial charge >= 0.3 is 0 Å². The van der Waals surface area contributed by atoms with Gasteiger partial charge in [0.05, 0.1) is 17.1 Å². The molecular weight excluding hydrogens is 442 g/mol. The van der Waals surface area contributed by atoms with Gasteiger partial charge in [0, 0.05) is 36.6 Å². The van der Waals surface area contributed by atoms with Crippen LogP contribution in [-0.2, 0) is 14.8 Å². The van der Waals surface area contributed by atoms with Gasteiger partial charge in [0.25, 0.3) is 15.9 Å². The van der Waals surface area contributed by atoms with Gasteiger partial charge in [-0.2, -0.15) is 0 Å². The molecule has 0 spiro atoms. The number of nitrogens with zero attached hydrogens (tertiary/aromatic N) is 1. The minimum Gasteiger partial charge on any atom is -0.439 e. The van der Waals surface area contributed by atoms with Crippen molar-refractivity contribution in [2.45, 2.75) is 4.90 Å². The normalized spacial score (nSPS) is 11.0. The number of pyridine rings is 1. The van der Waals surface area contributed by atoms with Crippen molar-refractivity contribution in [2.75, 3.05) is 25.0 Å². The predicted octanol–water partition coefficient (Wildman–Crippen LogP) is 3.70. The van der Waals surface area contributed by atoms with Crippen LogP contribution in [0.3, 0.4) is 0 Å². The Labute approximate surface area is 185 Å². The minimum atomic E-state index is -3.73. The Bertz CT molecular complexity index is 1120. The first kappa shape index (κ1) is 22.5. The second kappa shape index (κ2) is 10.3. The number of halogens is 1. The fraction of sp³-hybridized carbons (Fsp3) is 0.143. The van der Waals surface area contributed by atoms with Crippen molar-refractivity contribution >= 4 is 33.2 Å². The topological polar surface area (TPSA) is 107 Å². The third kappa shape index (κ3) is 6.42. The van der Waals surface area contributed by atoms with Crippen molar-refractivity contribution in [3.63, 3.8) is 0 Å². The summed E-state index contributed by atoms with van der Waals surface area (Å²) < 4.78 is 37.9. The lowest BCUT2D eigenvalue weighted by Gasteiger charge is -2.10. The number of sulfonamides is 1. The van der Waals surface area contributed by atoms with Crippen molar-refractivity contribution in [2.24, 2.45) is 0 Å². The Morgan fingerprint density at radius 2 is 1.74 bits per heavy atom. The molecule has 0 aliphatic rings. The zero-order valence-corrected chi connectivity index (χ0v) is 18.1. The van der Waals surface area contributed by atoms with E-state index in [1.54, 1.807) is 43.5 Å². The second-order valence-corrected chi connectivity index (χ2v) is 8.44. The summed E-state index contributed by atoms with van der Waals surface area (Å²) in [6.07, 6.45) is 1.41. The average molecular weight is 462 g/mol. The number of rotatable bonds is 9. The molecule has 0 bridgehead atoms. The first-order valence-electron chi connectivity index (χ1n) is 9.17. The third-order valence-electron chi connectivity index (χ3n) is 4.04.